The standard InChI is InChI=1S/C26H26N4O2S/c1-3-30-24(17-32-21-15-13-19(2)14-16-21)28-29-26(30)33-18-25(31)27-23-12-8-7-11-22(23)20-9-5-4-6-10-20/h4-16H,3,17-18H2,1-2H3,(H,27,31). The lowest BCUT2D eigenvalue weighted by Gasteiger charge is -2.11. The molecule has 0 atom stereocenters. The van der Waals surface area contributed by atoms with Crippen LogP contribution in [0.3, 0.4) is 0 Å². The molecule has 0 spiro atoms. The number of aromatic nitrogens is 3. The van der Waals surface area contributed by atoms with Crippen LogP contribution in [0.1, 0.15) is 18.3 Å². The summed E-state index contributed by atoms with van der Waals surface area (Å²) in [5.74, 6) is 1.67. The molecule has 1 aromatic heterocycles. The van der Waals surface area contributed by atoms with Gasteiger partial charge in [0.15, 0.2) is 11.0 Å². The number of amides is 1. The molecule has 6 nitrogen and oxygen atoms in total. The van der Waals surface area contributed by atoms with Crippen LogP contribution in [0.2, 0.25) is 0 Å². The van der Waals surface area contributed by atoms with E-state index in [0.717, 1.165) is 28.4 Å². The second-order valence-electron chi connectivity index (χ2n) is 7.49. The molecule has 0 unspecified atom stereocenters. The van der Waals surface area contributed by atoms with Gasteiger partial charge in [0.1, 0.15) is 12.4 Å². The molecular formula is C26H26N4O2S. The first-order chi connectivity index (χ1) is 16.1. The number of ether oxygens (including phenoxy) is 1. The predicted octanol–water partition coefficient (Wildman–Crippen LogP) is 5.58. The van der Waals surface area contributed by atoms with Crippen LogP contribution < -0.4 is 10.1 Å². The highest BCUT2D eigenvalue weighted by molar-refractivity contribution is 7.99. The number of hydrogen-bond donors (Lipinski definition) is 1. The zero-order valence-electron chi connectivity index (χ0n) is 18.7. The number of thioether (sulfide) groups is 1. The monoisotopic (exact) mass is 458 g/mol. The number of nitrogens with zero attached hydrogens (tertiary/aromatic N) is 3. The molecule has 0 bridgehead atoms. The van der Waals surface area contributed by atoms with Gasteiger partial charge in [0.25, 0.3) is 0 Å². The van der Waals surface area contributed by atoms with E-state index >= 15 is 0 Å². The van der Waals surface area contributed by atoms with Crippen molar-refractivity contribution in [1.82, 2.24) is 14.8 Å². The van der Waals surface area contributed by atoms with E-state index < -0.39 is 0 Å². The van der Waals surface area contributed by atoms with E-state index in [9.17, 15) is 4.79 Å². The fraction of sp³-hybridized carbons (Fsp3) is 0.192. The first kappa shape index (κ1) is 22.6. The van der Waals surface area contributed by atoms with Gasteiger partial charge in [0, 0.05) is 17.8 Å². The molecule has 3 aromatic carbocycles. The van der Waals surface area contributed by atoms with Gasteiger partial charge in [-0.3, -0.25) is 4.79 Å². The van der Waals surface area contributed by atoms with Crippen molar-refractivity contribution in [2.24, 2.45) is 0 Å². The Morgan fingerprint density at radius 3 is 2.45 bits per heavy atom. The number of carbonyl (C=O) groups excluding carboxylic acids is 1. The van der Waals surface area contributed by atoms with E-state index in [-0.39, 0.29) is 11.7 Å². The number of carbonyl (C=O) groups is 1. The molecule has 4 aromatic rings. The zero-order chi connectivity index (χ0) is 23.0. The smallest absolute Gasteiger partial charge is 0.234 e. The Bertz CT molecular complexity index is 1210. The maximum Gasteiger partial charge on any atom is 0.234 e. The summed E-state index contributed by atoms with van der Waals surface area (Å²) in [5.41, 5.74) is 4.02. The Balaban J connectivity index is 1.38. The van der Waals surface area contributed by atoms with Gasteiger partial charge in [-0.1, -0.05) is 78.0 Å². The summed E-state index contributed by atoms with van der Waals surface area (Å²) in [6.07, 6.45) is 0. The Hall–Kier alpha value is -3.58. The maximum absolute atomic E-state index is 12.7. The third kappa shape index (κ3) is 5.81. The van der Waals surface area contributed by atoms with E-state index in [1.807, 2.05) is 97.3 Å². The third-order valence-electron chi connectivity index (χ3n) is 5.12. The number of aryl methyl sites for hydroxylation is 1. The SMILES string of the molecule is CCn1c(COc2ccc(C)cc2)nnc1SCC(=O)Nc1ccccc1-c1ccccc1. The van der Waals surface area contributed by atoms with E-state index in [2.05, 4.69) is 15.5 Å². The molecule has 0 radical (unpaired) electrons. The first-order valence-electron chi connectivity index (χ1n) is 10.8. The van der Waals surface area contributed by atoms with Gasteiger partial charge >= 0.3 is 0 Å². The number of anilines is 1. The van der Waals surface area contributed by atoms with Crippen LogP contribution >= 0.6 is 11.8 Å². The minimum Gasteiger partial charge on any atom is -0.486 e. The number of hydrogen-bond acceptors (Lipinski definition) is 5. The summed E-state index contributed by atoms with van der Waals surface area (Å²) in [7, 11) is 0. The first-order valence-corrected chi connectivity index (χ1v) is 11.8. The summed E-state index contributed by atoms with van der Waals surface area (Å²) in [6, 6.07) is 25.7. The lowest BCUT2D eigenvalue weighted by Crippen LogP contribution is -2.15. The second kappa shape index (κ2) is 10.8. The van der Waals surface area contributed by atoms with E-state index in [0.29, 0.717) is 18.3 Å². The van der Waals surface area contributed by atoms with E-state index in [1.165, 1.54) is 17.3 Å². The number of benzene rings is 3. The number of rotatable bonds is 9. The highest BCUT2D eigenvalue weighted by Gasteiger charge is 2.15. The molecule has 1 amide bonds. The summed E-state index contributed by atoms with van der Waals surface area (Å²) < 4.78 is 7.83. The van der Waals surface area contributed by atoms with Crippen LogP contribution in [0.5, 0.6) is 5.75 Å². The van der Waals surface area contributed by atoms with Crippen molar-refractivity contribution in [3.8, 4) is 16.9 Å². The molecule has 4 rings (SSSR count). The van der Waals surface area contributed by atoms with Crippen molar-refractivity contribution in [3.05, 3.63) is 90.3 Å². The molecular weight excluding hydrogens is 432 g/mol. The number of nitrogens with one attached hydrogen (secondary N) is 1. The molecule has 0 aliphatic heterocycles. The molecule has 0 aliphatic rings. The average Bonchev–Trinajstić information content (AvgIpc) is 3.25. The van der Waals surface area contributed by atoms with Crippen LogP contribution in [-0.2, 0) is 17.9 Å². The topological polar surface area (TPSA) is 69.0 Å². The van der Waals surface area contributed by atoms with Gasteiger partial charge in [-0.05, 0) is 37.6 Å². The van der Waals surface area contributed by atoms with Crippen LogP contribution in [0, 0.1) is 6.92 Å². The van der Waals surface area contributed by atoms with Crippen LogP contribution in [0.25, 0.3) is 11.1 Å². The maximum atomic E-state index is 12.7. The average molecular weight is 459 g/mol. The van der Waals surface area contributed by atoms with Gasteiger partial charge < -0.3 is 14.6 Å². The van der Waals surface area contributed by atoms with E-state index in [1.54, 1.807) is 0 Å². The van der Waals surface area contributed by atoms with Crippen molar-refractivity contribution in [2.45, 2.75) is 32.2 Å². The molecule has 0 saturated carbocycles. The largest absolute Gasteiger partial charge is 0.486 e. The Kier molecular flexibility index (Phi) is 7.42. The molecule has 33 heavy (non-hydrogen) atoms. The Morgan fingerprint density at radius 2 is 1.70 bits per heavy atom. The minimum absolute atomic E-state index is 0.0912. The predicted molar refractivity (Wildman–Crippen MR) is 132 cm³/mol. The van der Waals surface area contributed by atoms with E-state index in [4.69, 9.17) is 4.74 Å². The van der Waals surface area contributed by atoms with Gasteiger partial charge in [0.05, 0.1) is 5.75 Å². The van der Waals surface area contributed by atoms with Crippen molar-refractivity contribution in [3.63, 3.8) is 0 Å². The molecule has 1 heterocycles. The highest BCUT2D eigenvalue weighted by atomic mass is 32.2. The fourth-order valence-electron chi connectivity index (χ4n) is 3.41. The summed E-state index contributed by atoms with van der Waals surface area (Å²) in [5, 5.41) is 12.3. The lowest BCUT2D eigenvalue weighted by atomic mass is 10.0. The molecule has 0 saturated heterocycles. The molecule has 7 heteroatoms. The molecule has 168 valence electrons. The van der Waals surface area contributed by atoms with Crippen molar-refractivity contribution < 1.29 is 9.53 Å². The summed E-state index contributed by atoms with van der Waals surface area (Å²) >= 11 is 1.37. The Morgan fingerprint density at radius 1 is 0.970 bits per heavy atom. The summed E-state index contributed by atoms with van der Waals surface area (Å²) in [6.45, 7) is 5.08. The van der Waals surface area contributed by atoms with Gasteiger partial charge in [0.2, 0.25) is 5.91 Å². The fourth-order valence-corrected chi connectivity index (χ4v) is 4.23. The van der Waals surface area contributed by atoms with Crippen LogP contribution in [0.15, 0.2) is 84.0 Å². The Labute approximate surface area is 198 Å². The van der Waals surface area contributed by atoms with Crippen molar-refractivity contribution in [2.75, 3.05) is 11.1 Å². The van der Waals surface area contributed by atoms with Crippen molar-refractivity contribution >= 4 is 23.4 Å². The van der Waals surface area contributed by atoms with Crippen LogP contribution in [-0.4, -0.2) is 26.4 Å². The minimum atomic E-state index is -0.0912. The van der Waals surface area contributed by atoms with Gasteiger partial charge in [-0.25, -0.2) is 0 Å². The quantitative estimate of drug-likeness (QED) is 0.332. The zero-order valence-corrected chi connectivity index (χ0v) is 19.5. The third-order valence-corrected chi connectivity index (χ3v) is 6.08. The molecule has 1 N–H and O–H groups in total. The summed E-state index contributed by atoms with van der Waals surface area (Å²) in [4.78, 5) is 12.7. The normalized spacial score (nSPS) is 10.7. The van der Waals surface area contributed by atoms with Gasteiger partial charge in [-0.2, -0.15) is 0 Å². The van der Waals surface area contributed by atoms with Gasteiger partial charge in [-0.15, -0.1) is 10.2 Å². The van der Waals surface area contributed by atoms with Crippen molar-refractivity contribution in [1.29, 1.82) is 0 Å². The molecule has 0 aliphatic carbocycles. The highest BCUT2D eigenvalue weighted by Crippen LogP contribution is 2.28. The molecule has 0 fully saturated rings. The van der Waals surface area contributed by atoms with Crippen LogP contribution in [0.4, 0.5) is 5.69 Å². The second-order valence-corrected chi connectivity index (χ2v) is 8.44. The lowest BCUT2D eigenvalue weighted by molar-refractivity contribution is -0.113. The number of para-hydroxylation sites is 1.